The molecular weight excluding hydrogens is 342 g/mol. The van der Waals surface area contributed by atoms with E-state index in [1.165, 1.54) is 0 Å². The summed E-state index contributed by atoms with van der Waals surface area (Å²) in [6.45, 7) is 20.3. The Morgan fingerprint density at radius 1 is 1.04 bits per heavy atom. The standard InChI is InChI=1S/C20H35N3SSi/c1-14(2)25(15(3)4,16(5)6)12-11-17-13-21-19(22-18(17)24-10)23-20(7,8)9/h13-16H,1-10H3,(H,21,22,23). The Bertz CT molecular complexity index is 615. The van der Waals surface area contributed by atoms with Gasteiger partial charge < -0.3 is 5.32 Å². The van der Waals surface area contributed by atoms with E-state index >= 15 is 0 Å². The maximum absolute atomic E-state index is 4.67. The van der Waals surface area contributed by atoms with Crippen LogP contribution in [0.2, 0.25) is 16.6 Å². The molecule has 0 saturated carbocycles. The van der Waals surface area contributed by atoms with E-state index in [1.807, 2.05) is 12.5 Å². The molecule has 25 heavy (non-hydrogen) atoms. The average Bonchev–Trinajstić information content (AvgIpc) is 2.46. The van der Waals surface area contributed by atoms with Crippen LogP contribution in [-0.2, 0) is 0 Å². The van der Waals surface area contributed by atoms with Crippen LogP contribution in [-0.4, -0.2) is 29.8 Å². The summed E-state index contributed by atoms with van der Waals surface area (Å²) in [6.07, 6.45) is 3.92. The van der Waals surface area contributed by atoms with Crippen LogP contribution in [0.4, 0.5) is 5.95 Å². The highest BCUT2D eigenvalue weighted by molar-refractivity contribution is 7.98. The number of hydrogen-bond donors (Lipinski definition) is 1. The molecule has 140 valence electrons. The molecule has 0 unspecified atom stereocenters. The van der Waals surface area contributed by atoms with Crippen molar-refractivity contribution >= 4 is 25.8 Å². The number of nitrogens with zero attached hydrogens (tertiary/aromatic N) is 2. The number of thioether (sulfide) groups is 1. The number of anilines is 1. The zero-order valence-electron chi connectivity index (χ0n) is 17.6. The lowest BCUT2D eigenvalue weighted by molar-refractivity contribution is 0.624. The van der Waals surface area contributed by atoms with E-state index in [9.17, 15) is 0 Å². The van der Waals surface area contributed by atoms with Gasteiger partial charge >= 0.3 is 0 Å². The van der Waals surface area contributed by atoms with Crippen LogP contribution in [0.25, 0.3) is 0 Å². The molecule has 0 aliphatic carbocycles. The number of rotatable bonds is 5. The van der Waals surface area contributed by atoms with Crippen molar-refractivity contribution in [1.82, 2.24) is 9.97 Å². The summed E-state index contributed by atoms with van der Waals surface area (Å²) in [5.41, 5.74) is 6.53. The Labute approximate surface area is 160 Å². The molecule has 5 heteroatoms. The largest absolute Gasteiger partial charge is 0.350 e. The summed E-state index contributed by atoms with van der Waals surface area (Å²) in [6, 6.07) is 0. The van der Waals surface area contributed by atoms with E-state index in [0.717, 1.165) is 10.6 Å². The molecule has 0 amide bonds. The summed E-state index contributed by atoms with van der Waals surface area (Å²) < 4.78 is 0. The van der Waals surface area contributed by atoms with E-state index in [-0.39, 0.29) is 5.54 Å². The van der Waals surface area contributed by atoms with Gasteiger partial charge in [0, 0.05) is 11.7 Å². The van der Waals surface area contributed by atoms with Crippen LogP contribution in [0, 0.1) is 11.5 Å². The molecule has 1 aromatic rings. The number of nitrogens with one attached hydrogen (secondary N) is 1. The van der Waals surface area contributed by atoms with E-state index in [2.05, 4.69) is 89.1 Å². The molecule has 0 aliphatic heterocycles. The van der Waals surface area contributed by atoms with E-state index in [0.29, 0.717) is 22.6 Å². The summed E-state index contributed by atoms with van der Waals surface area (Å²) in [4.78, 5) is 9.15. The second kappa shape index (κ2) is 8.59. The predicted molar refractivity (Wildman–Crippen MR) is 115 cm³/mol. The molecule has 0 saturated heterocycles. The molecule has 1 N–H and O–H groups in total. The third-order valence-electron chi connectivity index (χ3n) is 4.71. The first kappa shape index (κ1) is 22.0. The van der Waals surface area contributed by atoms with Gasteiger partial charge in [-0.25, -0.2) is 9.97 Å². The third-order valence-corrected chi connectivity index (χ3v) is 11.7. The minimum Gasteiger partial charge on any atom is -0.350 e. The quantitative estimate of drug-likeness (QED) is 0.296. The fourth-order valence-electron chi connectivity index (χ4n) is 3.61. The van der Waals surface area contributed by atoms with Crippen molar-refractivity contribution in [2.45, 2.75) is 89.5 Å². The van der Waals surface area contributed by atoms with Crippen LogP contribution in [0.3, 0.4) is 0 Å². The Morgan fingerprint density at radius 2 is 1.56 bits per heavy atom. The Morgan fingerprint density at radius 3 is 1.96 bits per heavy atom. The van der Waals surface area contributed by atoms with Gasteiger partial charge in [0.25, 0.3) is 0 Å². The highest BCUT2D eigenvalue weighted by Gasteiger charge is 2.41. The van der Waals surface area contributed by atoms with Crippen LogP contribution in [0.5, 0.6) is 0 Å². The highest BCUT2D eigenvalue weighted by atomic mass is 32.2. The Balaban J connectivity index is 3.33. The molecule has 1 rings (SSSR count). The van der Waals surface area contributed by atoms with Gasteiger partial charge in [-0.05, 0) is 43.7 Å². The third kappa shape index (κ3) is 5.49. The molecule has 1 heterocycles. The lowest BCUT2D eigenvalue weighted by atomic mass is 10.1. The van der Waals surface area contributed by atoms with E-state index in [1.54, 1.807) is 11.8 Å². The van der Waals surface area contributed by atoms with E-state index in [4.69, 9.17) is 0 Å². The number of hydrogen-bond acceptors (Lipinski definition) is 4. The van der Waals surface area contributed by atoms with Crippen molar-refractivity contribution in [2.75, 3.05) is 11.6 Å². The average molecular weight is 378 g/mol. The first-order valence-electron chi connectivity index (χ1n) is 9.16. The molecule has 3 nitrogen and oxygen atoms in total. The van der Waals surface area contributed by atoms with Gasteiger partial charge in [0.2, 0.25) is 5.95 Å². The van der Waals surface area contributed by atoms with Crippen LogP contribution >= 0.6 is 11.8 Å². The van der Waals surface area contributed by atoms with Crippen molar-refractivity contribution in [3.05, 3.63) is 11.8 Å². The topological polar surface area (TPSA) is 37.8 Å². The summed E-state index contributed by atoms with van der Waals surface area (Å²) in [5, 5.41) is 4.29. The van der Waals surface area contributed by atoms with Crippen molar-refractivity contribution in [3.8, 4) is 11.5 Å². The zero-order valence-corrected chi connectivity index (χ0v) is 19.4. The fraction of sp³-hybridized carbons (Fsp3) is 0.700. The van der Waals surface area contributed by atoms with Gasteiger partial charge in [-0.2, -0.15) is 0 Å². The maximum atomic E-state index is 4.67. The summed E-state index contributed by atoms with van der Waals surface area (Å²) >= 11 is 1.63. The van der Waals surface area contributed by atoms with Gasteiger partial charge in [0.15, 0.2) is 0 Å². The van der Waals surface area contributed by atoms with Gasteiger partial charge in [0.1, 0.15) is 13.1 Å². The monoisotopic (exact) mass is 377 g/mol. The van der Waals surface area contributed by atoms with Crippen LogP contribution in [0.15, 0.2) is 11.2 Å². The minimum absolute atomic E-state index is 0.0577. The molecule has 0 radical (unpaired) electrons. The molecule has 0 aliphatic rings. The number of aromatic nitrogens is 2. The van der Waals surface area contributed by atoms with Gasteiger partial charge in [-0.15, -0.1) is 17.3 Å². The highest BCUT2D eigenvalue weighted by Crippen LogP contribution is 2.40. The summed E-state index contributed by atoms with van der Waals surface area (Å²) in [5.74, 6) is 4.15. The van der Waals surface area contributed by atoms with Crippen molar-refractivity contribution in [1.29, 1.82) is 0 Å². The fourth-order valence-corrected chi connectivity index (χ4v) is 9.33. The maximum Gasteiger partial charge on any atom is 0.224 e. The Hall–Kier alpha value is -0.993. The second-order valence-corrected chi connectivity index (χ2v) is 15.0. The normalized spacial score (nSPS) is 12.5. The lowest BCUT2D eigenvalue weighted by Gasteiger charge is -2.38. The molecule has 0 bridgehead atoms. The van der Waals surface area contributed by atoms with Gasteiger partial charge in [0.05, 0.1) is 5.56 Å². The first-order chi connectivity index (χ1) is 11.4. The molecule has 0 fully saturated rings. The SMILES string of the molecule is CSc1nc(NC(C)(C)C)ncc1C#C[Si](C(C)C)(C(C)C)C(C)C. The van der Waals surface area contributed by atoms with E-state index < -0.39 is 8.07 Å². The predicted octanol–water partition coefficient (Wildman–Crippen LogP) is 5.98. The van der Waals surface area contributed by atoms with Crippen LogP contribution in [0.1, 0.15) is 67.9 Å². The molecule has 0 spiro atoms. The van der Waals surface area contributed by atoms with Crippen molar-refractivity contribution < 1.29 is 0 Å². The molecule has 0 aromatic carbocycles. The molecular formula is C20H35N3SSi. The van der Waals surface area contributed by atoms with Gasteiger partial charge in [-0.1, -0.05) is 47.5 Å². The first-order valence-corrected chi connectivity index (χ1v) is 12.6. The zero-order chi connectivity index (χ0) is 19.4. The van der Waals surface area contributed by atoms with Crippen LogP contribution < -0.4 is 5.32 Å². The van der Waals surface area contributed by atoms with Crippen molar-refractivity contribution in [2.24, 2.45) is 0 Å². The summed E-state index contributed by atoms with van der Waals surface area (Å²) in [7, 11) is -1.74. The van der Waals surface area contributed by atoms with Crippen molar-refractivity contribution in [3.63, 3.8) is 0 Å². The smallest absolute Gasteiger partial charge is 0.224 e. The Kier molecular flexibility index (Phi) is 7.58. The van der Waals surface area contributed by atoms with Gasteiger partial charge in [-0.3, -0.25) is 0 Å². The minimum atomic E-state index is -1.74. The molecule has 0 atom stereocenters. The second-order valence-electron chi connectivity index (χ2n) is 8.64. The molecule has 1 aromatic heterocycles. The lowest BCUT2D eigenvalue weighted by Crippen LogP contribution is -2.43.